The summed E-state index contributed by atoms with van der Waals surface area (Å²) >= 11 is 13.1. The Kier molecular flexibility index (Phi) is 11.6. The molecule has 0 aromatic heterocycles. The highest BCUT2D eigenvalue weighted by Gasteiger charge is 2.36. The van der Waals surface area contributed by atoms with Gasteiger partial charge in [-0.05, 0) is 54.8 Å². The zero-order valence-electron chi connectivity index (χ0n) is 24.8. The first-order chi connectivity index (χ1) is 21.0. The van der Waals surface area contributed by atoms with E-state index >= 15 is 0 Å². The predicted molar refractivity (Wildman–Crippen MR) is 172 cm³/mol. The van der Waals surface area contributed by atoms with E-state index in [1.54, 1.807) is 18.2 Å². The van der Waals surface area contributed by atoms with E-state index in [0.29, 0.717) is 15.6 Å². The lowest BCUT2D eigenvalue weighted by atomic mass is 9.94. The van der Waals surface area contributed by atoms with E-state index in [1.807, 2.05) is 30.3 Å². The Morgan fingerprint density at radius 1 is 0.909 bits per heavy atom. The zero-order valence-corrected chi connectivity index (χ0v) is 27.1. The van der Waals surface area contributed by atoms with Gasteiger partial charge in [0.25, 0.3) is 0 Å². The molecule has 8 nitrogen and oxygen atoms in total. The lowest BCUT2D eigenvalue weighted by Crippen LogP contribution is -2.55. The normalized spacial score (nSPS) is 14.7. The molecule has 3 aromatic rings. The van der Waals surface area contributed by atoms with Crippen LogP contribution in [0.1, 0.15) is 43.2 Å². The fourth-order valence-electron chi connectivity index (χ4n) is 5.28. The number of anilines is 1. The van der Waals surface area contributed by atoms with Gasteiger partial charge in [-0.2, -0.15) is 12.7 Å². The molecule has 44 heavy (non-hydrogen) atoms. The number of nitrogens with one attached hydrogen (secondary N) is 1. The average molecular weight is 664 g/mol. The summed E-state index contributed by atoms with van der Waals surface area (Å²) in [4.78, 5) is 29.8. The Bertz CT molecular complexity index is 1520. The van der Waals surface area contributed by atoms with Crippen molar-refractivity contribution in [3.05, 3.63) is 99.8 Å². The summed E-state index contributed by atoms with van der Waals surface area (Å²) in [6.07, 6.45) is 4.96. The molecule has 1 fully saturated rings. The Labute approximate surface area is 268 Å². The molecule has 0 bridgehead atoms. The molecule has 1 saturated carbocycles. The van der Waals surface area contributed by atoms with E-state index < -0.39 is 34.5 Å². The number of carbonyl (C=O) groups is 2. The van der Waals surface area contributed by atoms with Crippen LogP contribution in [0.25, 0.3) is 0 Å². The molecule has 0 aliphatic heterocycles. The third-order valence-electron chi connectivity index (χ3n) is 7.75. The fraction of sp³-hybridized carbons (Fsp3) is 0.375. The highest BCUT2D eigenvalue weighted by Crippen LogP contribution is 2.28. The Morgan fingerprint density at radius 2 is 1.52 bits per heavy atom. The van der Waals surface area contributed by atoms with Crippen LogP contribution in [0.5, 0.6) is 0 Å². The molecule has 0 saturated heterocycles. The summed E-state index contributed by atoms with van der Waals surface area (Å²) in [6.45, 7) is -0.803. The van der Waals surface area contributed by atoms with Gasteiger partial charge in [-0.1, -0.05) is 78.9 Å². The monoisotopic (exact) mass is 662 g/mol. The second-order valence-corrected chi connectivity index (χ2v) is 13.9. The first-order valence-corrected chi connectivity index (χ1v) is 16.6. The van der Waals surface area contributed by atoms with Crippen LogP contribution in [-0.4, -0.2) is 62.2 Å². The number of benzene rings is 3. The summed E-state index contributed by atoms with van der Waals surface area (Å²) in [5.74, 6) is -1.56. The molecule has 1 aliphatic carbocycles. The van der Waals surface area contributed by atoms with E-state index in [4.69, 9.17) is 23.2 Å². The van der Waals surface area contributed by atoms with Gasteiger partial charge in [0.15, 0.2) is 0 Å². The number of carbonyl (C=O) groups excluding carboxylic acids is 2. The van der Waals surface area contributed by atoms with Crippen molar-refractivity contribution in [1.82, 2.24) is 14.5 Å². The molecular weight excluding hydrogens is 626 g/mol. The van der Waals surface area contributed by atoms with E-state index in [-0.39, 0.29) is 30.6 Å². The number of halogens is 3. The molecule has 1 N–H and O–H groups in total. The third-order valence-corrected chi connectivity index (χ3v) is 10.3. The van der Waals surface area contributed by atoms with Crippen LogP contribution in [0.2, 0.25) is 10.0 Å². The van der Waals surface area contributed by atoms with Crippen LogP contribution in [0.15, 0.2) is 72.8 Å². The summed E-state index contributed by atoms with van der Waals surface area (Å²) in [5, 5.41) is 3.76. The van der Waals surface area contributed by atoms with Crippen LogP contribution in [0, 0.1) is 5.82 Å². The van der Waals surface area contributed by atoms with Crippen molar-refractivity contribution >= 4 is 50.9 Å². The van der Waals surface area contributed by atoms with Crippen molar-refractivity contribution in [2.75, 3.05) is 24.9 Å². The second-order valence-electron chi connectivity index (χ2n) is 11.0. The minimum absolute atomic E-state index is 0.0276. The van der Waals surface area contributed by atoms with Crippen LogP contribution in [-0.2, 0) is 32.8 Å². The van der Waals surface area contributed by atoms with Crippen molar-refractivity contribution in [2.45, 2.75) is 57.2 Å². The fourth-order valence-corrected chi connectivity index (χ4v) is 6.85. The molecule has 2 amide bonds. The molecule has 0 heterocycles. The maximum Gasteiger partial charge on any atom is 0.304 e. The highest BCUT2D eigenvalue weighted by atomic mass is 35.5. The smallest absolute Gasteiger partial charge is 0.304 e. The topological polar surface area (TPSA) is 90.0 Å². The Hall–Kier alpha value is -3.18. The predicted octanol–water partition coefficient (Wildman–Crippen LogP) is 5.83. The Balaban J connectivity index is 1.78. The lowest BCUT2D eigenvalue weighted by molar-refractivity contribution is -0.140. The molecule has 0 spiro atoms. The van der Waals surface area contributed by atoms with Gasteiger partial charge in [0.1, 0.15) is 18.4 Å². The molecular formula is C32H37Cl2FN4O4S. The van der Waals surface area contributed by atoms with Crippen LogP contribution < -0.4 is 9.62 Å². The first kappa shape index (κ1) is 33.7. The van der Waals surface area contributed by atoms with Crippen LogP contribution in [0.4, 0.5) is 10.1 Å². The highest BCUT2D eigenvalue weighted by molar-refractivity contribution is 7.90. The van der Waals surface area contributed by atoms with Gasteiger partial charge in [0.05, 0.1) is 5.69 Å². The number of rotatable bonds is 12. The van der Waals surface area contributed by atoms with Crippen molar-refractivity contribution < 1.29 is 22.4 Å². The van der Waals surface area contributed by atoms with Gasteiger partial charge >= 0.3 is 10.2 Å². The molecule has 0 unspecified atom stereocenters. The average Bonchev–Trinajstić information content (AvgIpc) is 3.00. The van der Waals surface area contributed by atoms with Gasteiger partial charge < -0.3 is 10.2 Å². The van der Waals surface area contributed by atoms with Crippen molar-refractivity contribution in [3.63, 3.8) is 0 Å². The van der Waals surface area contributed by atoms with E-state index in [0.717, 1.165) is 58.4 Å². The first-order valence-electron chi connectivity index (χ1n) is 14.5. The summed E-state index contributed by atoms with van der Waals surface area (Å²) in [6, 6.07) is 18.0. The molecule has 4 rings (SSSR count). The molecule has 0 radical (unpaired) electrons. The standard InChI is InChI=1S/C32H37Cl2FN4O4S/c1-37(2)44(42,43)39(26-18-16-24(35)17-19-26)22-31(40)38(21-27-28(33)14-9-15-29(27)34)30(20-23-10-5-3-6-11-23)32(41)36-25-12-7-4-8-13-25/h3,5-6,9-11,14-19,25,30H,4,7-8,12-13,20-22H2,1-2H3,(H,36,41)/t30-/m0/s1. The Morgan fingerprint density at radius 3 is 2.11 bits per heavy atom. The summed E-state index contributed by atoms with van der Waals surface area (Å²) in [5.41, 5.74) is 1.34. The number of hydrogen-bond donors (Lipinski definition) is 1. The minimum Gasteiger partial charge on any atom is -0.352 e. The summed E-state index contributed by atoms with van der Waals surface area (Å²) in [7, 11) is -1.52. The van der Waals surface area contributed by atoms with Gasteiger partial charge in [-0.25, -0.2) is 8.70 Å². The maximum atomic E-state index is 14.4. The van der Waals surface area contributed by atoms with Gasteiger partial charge in [-0.3, -0.25) is 9.59 Å². The van der Waals surface area contributed by atoms with Gasteiger partial charge in [0, 0.05) is 48.7 Å². The molecule has 12 heteroatoms. The van der Waals surface area contributed by atoms with Crippen molar-refractivity contribution in [2.24, 2.45) is 0 Å². The van der Waals surface area contributed by atoms with E-state index in [1.165, 1.54) is 31.1 Å². The molecule has 236 valence electrons. The molecule has 1 aliphatic rings. The second kappa shape index (κ2) is 15.2. The minimum atomic E-state index is -4.21. The van der Waals surface area contributed by atoms with Crippen LogP contribution in [0.3, 0.4) is 0 Å². The van der Waals surface area contributed by atoms with Crippen LogP contribution >= 0.6 is 23.2 Å². The molecule has 1 atom stereocenters. The SMILES string of the molecule is CN(C)S(=O)(=O)N(CC(=O)N(Cc1c(Cl)cccc1Cl)[C@@H](Cc1ccccc1)C(=O)NC1CCCCC1)c1ccc(F)cc1. The van der Waals surface area contributed by atoms with E-state index in [9.17, 15) is 22.4 Å². The quantitative estimate of drug-likeness (QED) is 0.264. The lowest BCUT2D eigenvalue weighted by Gasteiger charge is -2.35. The van der Waals surface area contributed by atoms with E-state index in [2.05, 4.69) is 5.32 Å². The summed E-state index contributed by atoms with van der Waals surface area (Å²) < 4.78 is 42.6. The third kappa shape index (κ3) is 8.50. The zero-order chi connectivity index (χ0) is 31.9. The van der Waals surface area contributed by atoms with Crippen molar-refractivity contribution in [3.8, 4) is 0 Å². The number of hydrogen-bond acceptors (Lipinski definition) is 4. The maximum absolute atomic E-state index is 14.4. The largest absolute Gasteiger partial charge is 0.352 e. The molecule has 3 aromatic carbocycles. The van der Waals surface area contributed by atoms with Gasteiger partial charge in [-0.15, -0.1) is 0 Å². The number of amides is 2. The van der Waals surface area contributed by atoms with Gasteiger partial charge in [0.2, 0.25) is 11.8 Å². The number of nitrogens with zero attached hydrogens (tertiary/aromatic N) is 3. The van der Waals surface area contributed by atoms with Crippen molar-refractivity contribution in [1.29, 1.82) is 0 Å².